The number of amides is 1. The lowest BCUT2D eigenvalue weighted by molar-refractivity contribution is -0.122. The average molecular weight is 264 g/mol. The smallest absolute Gasteiger partial charge is 0.237 e. The van der Waals surface area contributed by atoms with Crippen LogP contribution in [0.25, 0.3) is 0 Å². The fourth-order valence-corrected chi connectivity index (χ4v) is 1.56. The lowest BCUT2D eigenvalue weighted by atomic mass is 9.90. The number of carbonyl (C=O) groups excluding carboxylic acids is 1. The number of hydrogen-bond acceptors (Lipinski definition) is 3. The first-order valence-corrected chi connectivity index (χ1v) is 6.65. The van der Waals surface area contributed by atoms with E-state index in [9.17, 15) is 9.90 Å². The van der Waals surface area contributed by atoms with Gasteiger partial charge in [-0.15, -0.1) is 0 Å². The zero-order valence-electron chi connectivity index (χ0n) is 11.9. The van der Waals surface area contributed by atoms with Crippen LogP contribution in [0.2, 0.25) is 0 Å². The van der Waals surface area contributed by atoms with Crippen LogP contribution in [0.15, 0.2) is 24.3 Å². The van der Waals surface area contributed by atoms with Crippen molar-refractivity contribution in [3.8, 4) is 5.75 Å². The van der Waals surface area contributed by atoms with Gasteiger partial charge in [-0.05, 0) is 36.0 Å². The van der Waals surface area contributed by atoms with Gasteiger partial charge in [0.05, 0.1) is 6.04 Å². The van der Waals surface area contributed by atoms with Crippen molar-refractivity contribution in [2.45, 2.75) is 39.7 Å². The number of phenols is 1. The van der Waals surface area contributed by atoms with Crippen molar-refractivity contribution in [3.05, 3.63) is 29.8 Å². The number of nitrogens with two attached hydrogens (primary N) is 1. The first kappa shape index (κ1) is 15.5. The second-order valence-electron chi connectivity index (χ2n) is 5.71. The van der Waals surface area contributed by atoms with Gasteiger partial charge in [0.25, 0.3) is 0 Å². The summed E-state index contributed by atoms with van der Waals surface area (Å²) >= 11 is 0. The zero-order valence-corrected chi connectivity index (χ0v) is 11.9. The van der Waals surface area contributed by atoms with Crippen LogP contribution in [0.1, 0.15) is 32.8 Å². The van der Waals surface area contributed by atoms with Crippen molar-refractivity contribution >= 4 is 5.91 Å². The molecule has 0 radical (unpaired) electrons. The van der Waals surface area contributed by atoms with Gasteiger partial charge < -0.3 is 16.2 Å². The summed E-state index contributed by atoms with van der Waals surface area (Å²) in [5.74, 6) is 0.0843. The number of hydrogen-bond donors (Lipinski definition) is 3. The highest BCUT2D eigenvalue weighted by Crippen LogP contribution is 2.17. The quantitative estimate of drug-likeness (QED) is 0.733. The van der Waals surface area contributed by atoms with E-state index in [0.29, 0.717) is 13.0 Å². The fraction of sp³-hybridized carbons (Fsp3) is 0.533. The molecule has 1 aromatic carbocycles. The van der Waals surface area contributed by atoms with Crippen LogP contribution in [0, 0.1) is 5.41 Å². The van der Waals surface area contributed by atoms with Gasteiger partial charge in [-0.2, -0.15) is 0 Å². The highest BCUT2D eigenvalue weighted by Gasteiger charge is 2.19. The van der Waals surface area contributed by atoms with E-state index >= 15 is 0 Å². The summed E-state index contributed by atoms with van der Waals surface area (Å²) in [4.78, 5) is 11.9. The molecule has 0 aromatic heterocycles. The number of phenolic OH excluding ortho intramolecular Hbond substituents is 1. The molecule has 0 saturated heterocycles. The average Bonchev–Trinajstić information content (AvgIpc) is 2.38. The minimum Gasteiger partial charge on any atom is -0.508 e. The van der Waals surface area contributed by atoms with Gasteiger partial charge in [0, 0.05) is 6.54 Å². The molecule has 0 aliphatic carbocycles. The number of nitrogens with one attached hydrogen (secondary N) is 1. The number of benzene rings is 1. The Morgan fingerprint density at radius 2 is 1.95 bits per heavy atom. The van der Waals surface area contributed by atoms with Gasteiger partial charge in [-0.25, -0.2) is 0 Å². The van der Waals surface area contributed by atoms with Crippen molar-refractivity contribution in [1.82, 2.24) is 5.32 Å². The van der Waals surface area contributed by atoms with E-state index in [1.165, 1.54) is 0 Å². The Bertz CT molecular complexity index is 413. The van der Waals surface area contributed by atoms with Crippen LogP contribution in [0.5, 0.6) is 5.75 Å². The van der Waals surface area contributed by atoms with E-state index in [1.807, 2.05) is 0 Å². The van der Waals surface area contributed by atoms with Crippen LogP contribution in [0.4, 0.5) is 0 Å². The summed E-state index contributed by atoms with van der Waals surface area (Å²) in [5.41, 5.74) is 6.91. The van der Waals surface area contributed by atoms with Crippen molar-refractivity contribution in [3.63, 3.8) is 0 Å². The number of rotatable bonds is 6. The van der Waals surface area contributed by atoms with Crippen LogP contribution >= 0.6 is 0 Å². The Balaban J connectivity index is 2.47. The van der Waals surface area contributed by atoms with Crippen molar-refractivity contribution < 1.29 is 9.90 Å². The minimum atomic E-state index is -0.558. The van der Waals surface area contributed by atoms with E-state index < -0.39 is 6.04 Å². The molecule has 0 fully saturated rings. The molecule has 1 amide bonds. The summed E-state index contributed by atoms with van der Waals surface area (Å²) < 4.78 is 0. The molecule has 4 N–H and O–H groups in total. The molecular weight excluding hydrogens is 240 g/mol. The Labute approximate surface area is 115 Å². The molecule has 0 aliphatic rings. The third-order valence-electron chi connectivity index (χ3n) is 3.43. The monoisotopic (exact) mass is 264 g/mol. The highest BCUT2D eigenvalue weighted by molar-refractivity contribution is 5.81. The molecule has 106 valence electrons. The van der Waals surface area contributed by atoms with Gasteiger partial charge >= 0.3 is 0 Å². The molecule has 1 atom stereocenters. The van der Waals surface area contributed by atoms with Gasteiger partial charge in [-0.1, -0.05) is 32.9 Å². The maximum absolute atomic E-state index is 11.9. The molecule has 0 unspecified atom stereocenters. The van der Waals surface area contributed by atoms with E-state index in [0.717, 1.165) is 12.0 Å². The molecule has 4 heteroatoms. The maximum Gasteiger partial charge on any atom is 0.237 e. The minimum absolute atomic E-state index is 0.0912. The van der Waals surface area contributed by atoms with Crippen molar-refractivity contribution in [1.29, 1.82) is 0 Å². The second kappa shape index (κ2) is 6.57. The summed E-state index contributed by atoms with van der Waals surface area (Å²) in [6.07, 6.45) is 1.47. The van der Waals surface area contributed by atoms with Crippen LogP contribution in [0.3, 0.4) is 0 Å². The maximum atomic E-state index is 11.9. The predicted molar refractivity (Wildman–Crippen MR) is 76.9 cm³/mol. The van der Waals surface area contributed by atoms with E-state index in [4.69, 9.17) is 5.73 Å². The number of carbonyl (C=O) groups is 1. The molecule has 0 bridgehead atoms. The highest BCUT2D eigenvalue weighted by atomic mass is 16.3. The van der Waals surface area contributed by atoms with Crippen LogP contribution in [-0.4, -0.2) is 23.6 Å². The first-order valence-electron chi connectivity index (χ1n) is 6.65. The van der Waals surface area contributed by atoms with E-state index in [2.05, 4.69) is 26.1 Å². The zero-order chi connectivity index (χ0) is 14.5. The van der Waals surface area contributed by atoms with Gasteiger partial charge in [-0.3, -0.25) is 4.79 Å². The lowest BCUT2D eigenvalue weighted by Gasteiger charge is -2.24. The molecule has 1 rings (SSSR count). The Kier molecular flexibility index (Phi) is 5.36. The van der Waals surface area contributed by atoms with Crippen molar-refractivity contribution in [2.75, 3.05) is 6.54 Å². The Morgan fingerprint density at radius 1 is 1.37 bits per heavy atom. The van der Waals surface area contributed by atoms with Gasteiger partial charge in [0.15, 0.2) is 0 Å². The largest absolute Gasteiger partial charge is 0.508 e. The summed E-state index contributed by atoms with van der Waals surface area (Å²) in [6.45, 7) is 6.95. The molecule has 0 aliphatic heterocycles. The lowest BCUT2D eigenvalue weighted by Crippen LogP contribution is -2.45. The van der Waals surface area contributed by atoms with Gasteiger partial charge in [0.1, 0.15) is 5.75 Å². The molecule has 0 saturated carbocycles. The summed E-state index contributed by atoms with van der Waals surface area (Å²) in [7, 11) is 0. The fourth-order valence-electron chi connectivity index (χ4n) is 1.56. The van der Waals surface area contributed by atoms with E-state index in [1.54, 1.807) is 24.3 Å². The van der Waals surface area contributed by atoms with E-state index in [-0.39, 0.29) is 17.1 Å². The molecule has 0 spiro atoms. The molecule has 19 heavy (non-hydrogen) atoms. The summed E-state index contributed by atoms with van der Waals surface area (Å²) in [5, 5.41) is 12.1. The van der Waals surface area contributed by atoms with Gasteiger partial charge in [0.2, 0.25) is 5.91 Å². The topological polar surface area (TPSA) is 75.4 Å². The standard InChI is InChI=1S/C15H24N2O2/c1-4-15(2,3)10-17-14(19)13(16)9-11-5-7-12(18)8-6-11/h5-8,13,18H,4,9-10,16H2,1-3H3,(H,17,19)/t13-/m1/s1. The molecular formula is C15H24N2O2. The molecule has 0 heterocycles. The Morgan fingerprint density at radius 3 is 2.47 bits per heavy atom. The Hall–Kier alpha value is -1.55. The third-order valence-corrected chi connectivity index (χ3v) is 3.43. The molecule has 1 aromatic rings. The second-order valence-corrected chi connectivity index (χ2v) is 5.71. The normalized spacial score (nSPS) is 13.1. The molecule has 4 nitrogen and oxygen atoms in total. The third kappa shape index (κ3) is 5.30. The number of aromatic hydroxyl groups is 1. The summed E-state index contributed by atoms with van der Waals surface area (Å²) in [6, 6.07) is 6.19. The van der Waals surface area contributed by atoms with Crippen LogP contribution in [-0.2, 0) is 11.2 Å². The predicted octanol–water partition coefficient (Wildman–Crippen LogP) is 1.81. The SMILES string of the molecule is CCC(C)(C)CNC(=O)[C@H](N)Cc1ccc(O)cc1. The van der Waals surface area contributed by atoms with Crippen LogP contribution < -0.4 is 11.1 Å². The van der Waals surface area contributed by atoms with Crippen molar-refractivity contribution in [2.24, 2.45) is 11.1 Å². The first-order chi connectivity index (χ1) is 8.84.